The van der Waals surface area contributed by atoms with Crippen LogP contribution in [0.4, 0.5) is 15.6 Å². The maximum atomic E-state index is 12.1. The summed E-state index contributed by atoms with van der Waals surface area (Å²) in [7, 11) is 1.59. The first kappa shape index (κ1) is 14.6. The number of hydrogen-bond acceptors (Lipinski definition) is 6. The van der Waals surface area contributed by atoms with Crippen LogP contribution in [0.1, 0.15) is 0 Å². The van der Waals surface area contributed by atoms with Gasteiger partial charge in [-0.15, -0.1) is 0 Å². The van der Waals surface area contributed by atoms with Crippen LogP contribution in [-0.2, 0) is 0 Å². The number of anilines is 2. The number of benzene rings is 2. The lowest BCUT2D eigenvalue weighted by Crippen LogP contribution is -2.19. The fourth-order valence-corrected chi connectivity index (χ4v) is 3.18. The van der Waals surface area contributed by atoms with Gasteiger partial charge in [0.1, 0.15) is 5.75 Å². The fraction of sp³-hybridized carbons (Fsp3) is 0.125. The molecule has 4 rings (SSSR count). The summed E-state index contributed by atoms with van der Waals surface area (Å²) in [6.45, 7) is 0.224. The van der Waals surface area contributed by atoms with Gasteiger partial charge in [-0.3, -0.25) is 5.32 Å². The van der Waals surface area contributed by atoms with Crippen LogP contribution in [-0.4, -0.2) is 24.9 Å². The summed E-state index contributed by atoms with van der Waals surface area (Å²) < 4.78 is 16.7. The number of fused-ring (bicyclic) bond motifs is 2. The quantitative estimate of drug-likeness (QED) is 0.758. The lowest BCUT2D eigenvalue weighted by atomic mass is 10.3. The first-order valence-corrected chi connectivity index (χ1v) is 7.95. The molecule has 24 heavy (non-hydrogen) atoms. The smallest absolute Gasteiger partial charge is 0.325 e. The third kappa shape index (κ3) is 2.79. The highest BCUT2D eigenvalue weighted by atomic mass is 32.1. The zero-order valence-electron chi connectivity index (χ0n) is 12.7. The van der Waals surface area contributed by atoms with Gasteiger partial charge in [-0.1, -0.05) is 11.3 Å². The van der Waals surface area contributed by atoms with E-state index in [9.17, 15) is 4.79 Å². The van der Waals surface area contributed by atoms with Crippen LogP contribution in [0, 0.1) is 0 Å². The van der Waals surface area contributed by atoms with E-state index in [1.807, 2.05) is 6.07 Å². The van der Waals surface area contributed by atoms with Crippen molar-refractivity contribution in [1.82, 2.24) is 4.98 Å². The number of amides is 2. The molecule has 0 saturated heterocycles. The van der Waals surface area contributed by atoms with Crippen molar-refractivity contribution in [1.29, 1.82) is 0 Å². The van der Waals surface area contributed by atoms with Gasteiger partial charge in [0, 0.05) is 17.8 Å². The van der Waals surface area contributed by atoms with Crippen LogP contribution in [0.2, 0.25) is 0 Å². The van der Waals surface area contributed by atoms with E-state index in [1.165, 1.54) is 11.3 Å². The number of methoxy groups -OCH3 is 1. The largest absolute Gasteiger partial charge is 0.497 e. The molecule has 2 aromatic carbocycles. The lowest BCUT2D eigenvalue weighted by molar-refractivity contribution is 0.174. The number of aromatic nitrogens is 1. The minimum atomic E-state index is -0.362. The SMILES string of the molecule is COc1ccc(NC(=O)Nc2nc3cc4c(cc3s2)OCO4)cc1. The van der Waals surface area contributed by atoms with Crippen molar-refractivity contribution in [3.05, 3.63) is 36.4 Å². The first-order valence-electron chi connectivity index (χ1n) is 7.13. The normalized spacial score (nSPS) is 12.2. The lowest BCUT2D eigenvalue weighted by Gasteiger charge is -2.06. The Balaban J connectivity index is 1.48. The predicted octanol–water partition coefficient (Wildman–Crippen LogP) is 3.68. The van der Waals surface area contributed by atoms with E-state index < -0.39 is 0 Å². The second-order valence-electron chi connectivity index (χ2n) is 5.00. The Morgan fingerprint density at radius 3 is 2.67 bits per heavy atom. The van der Waals surface area contributed by atoms with Gasteiger partial charge < -0.3 is 19.5 Å². The molecule has 0 saturated carbocycles. The average molecular weight is 343 g/mol. The Hall–Kier alpha value is -3.00. The third-order valence-corrected chi connectivity index (χ3v) is 4.38. The molecule has 7 nitrogen and oxygen atoms in total. The highest BCUT2D eigenvalue weighted by molar-refractivity contribution is 7.22. The van der Waals surface area contributed by atoms with E-state index in [2.05, 4.69) is 15.6 Å². The molecule has 8 heteroatoms. The Kier molecular flexibility index (Phi) is 3.58. The van der Waals surface area contributed by atoms with Gasteiger partial charge >= 0.3 is 6.03 Å². The van der Waals surface area contributed by atoms with Gasteiger partial charge in [0.15, 0.2) is 16.6 Å². The summed E-state index contributed by atoms with van der Waals surface area (Å²) in [6, 6.07) is 10.4. The van der Waals surface area contributed by atoms with Crippen LogP contribution in [0.3, 0.4) is 0 Å². The molecule has 1 aliphatic rings. The molecule has 2 amide bonds. The van der Waals surface area contributed by atoms with E-state index in [0.717, 1.165) is 16.0 Å². The molecule has 122 valence electrons. The maximum absolute atomic E-state index is 12.1. The van der Waals surface area contributed by atoms with Gasteiger partial charge in [0.05, 0.1) is 17.3 Å². The molecule has 2 N–H and O–H groups in total. The number of urea groups is 1. The monoisotopic (exact) mass is 343 g/mol. The summed E-state index contributed by atoms with van der Waals surface area (Å²) in [4.78, 5) is 16.5. The van der Waals surface area contributed by atoms with Crippen LogP contribution in [0.15, 0.2) is 36.4 Å². The number of rotatable bonds is 3. The van der Waals surface area contributed by atoms with E-state index >= 15 is 0 Å². The minimum Gasteiger partial charge on any atom is -0.497 e. The highest BCUT2D eigenvalue weighted by Gasteiger charge is 2.17. The van der Waals surface area contributed by atoms with Crippen molar-refractivity contribution < 1.29 is 19.0 Å². The second kappa shape index (κ2) is 5.89. The first-order chi connectivity index (χ1) is 11.7. The summed E-state index contributed by atoms with van der Waals surface area (Å²) in [6.07, 6.45) is 0. The average Bonchev–Trinajstić information content (AvgIpc) is 3.18. The fourth-order valence-electron chi connectivity index (χ4n) is 2.31. The number of thiazole rings is 1. The predicted molar refractivity (Wildman–Crippen MR) is 91.4 cm³/mol. The third-order valence-electron chi connectivity index (χ3n) is 3.45. The number of carbonyl (C=O) groups is 1. The molecular formula is C16H13N3O4S. The van der Waals surface area contributed by atoms with E-state index in [-0.39, 0.29) is 12.8 Å². The van der Waals surface area contributed by atoms with Gasteiger partial charge in [0.25, 0.3) is 0 Å². The Morgan fingerprint density at radius 1 is 1.17 bits per heavy atom. The van der Waals surface area contributed by atoms with Crippen molar-refractivity contribution in [2.45, 2.75) is 0 Å². The molecule has 0 aliphatic carbocycles. The summed E-state index contributed by atoms with van der Waals surface area (Å²) >= 11 is 1.37. The maximum Gasteiger partial charge on any atom is 0.325 e. The van der Waals surface area contributed by atoms with Crippen LogP contribution < -0.4 is 24.8 Å². The summed E-state index contributed by atoms with van der Waals surface area (Å²) in [5.41, 5.74) is 1.42. The van der Waals surface area contributed by atoms with Crippen LogP contribution in [0.25, 0.3) is 10.2 Å². The van der Waals surface area contributed by atoms with Crippen molar-refractivity contribution in [2.75, 3.05) is 24.5 Å². The number of carbonyl (C=O) groups excluding carboxylic acids is 1. The molecule has 1 aliphatic heterocycles. The summed E-state index contributed by atoms with van der Waals surface area (Å²) in [5.74, 6) is 2.09. The van der Waals surface area contributed by atoms with E-state index in [0.29, 0.717) is 22.3 Å². The van der Waals surface area contributed by atoms with Gasteiger partial charge in [-0.2, -0.15) is 0 Å². The van der Waals surface area contributed by atoms with E-state index in [1.54, 1.807) is 37.4 Å². The van der Waals surface area contributed by atoms with Crippen LogP contribution in [0.5, 0.6) is 17.2 Å². The van der Waals surface area contributed by atoms with E-state index in [4.69, 9.17) is 14.2 Å². The molecule has 0 unspecified atom stereocenters. The van der Waals surface area contributed by atoms with Crippen molar-refractivity contribution >= 4 is 38.4 Å². The molecule has 1 aromatic heterocycles. The molecule has 0 spiro atoms. The summed E-state index contributed by atoms with van der Waals surface area (Å²) in [5, 5.41) is 5.97. The molecule has 0 bridgehead atoms. The Morgan fingerprint density at radius 2 is 1.92 bits per heavy atom. The van der Waals surface area contributed by atoms with Crippen molar-refractivity contribution in [3.63, 3.8) is 0 Å². The zero-order valence-corrected chi connectivity index (χ0v) is 13.5. The van der Waals surface area contributed by atoms with Gasteiger partial charge in [-0.25, -0.2) is 9.78 Å². The number of nitrogens with one attached hydrogen (secondary N) is 2. The topological polar surface area (TPSA) is 81.7 Å². The van der Waals surface area contributed by atoms with Crippen LogP contribution >= 0.6 is 11.3 Å². The molecule has 3 aromatic rings. The molecule has 0 fully saturated rings. The minimum absolute atomic E-state index is 0.224. The van der Waals surface area contributed by atoms with Crippen molar-refractivity contribution in [3.8, 4) is 17.2 Å². The highest BCUT2D eigenvalue weighted by Crippen LogP contribution is 2.38. The van der Waals surface area contributed by atoms with Gasteiger partial charge in [-0.05, 0) is 24.3 Å². The Labute approximate surface area is 141 Å². The number of ether oxygens (including phenoxy) is 3. The van der Waals surface area contributed by atoms with Gasteiger partial charge in [0.2, 0.25) is 6.79 Å². The number of nitrogens with zero attached hydrogens (tertiary/aromatic N) is 1. The number of hydrogen-bond donors (Lipinski definition) is 2. The standard InChI is InChI=1S/C16H13N3O4S/c1-21-10-4-2-9(3-5-10)17-15(20)19-16-18-11-6-12-13(23-8-22-12)7-14(11)24-16/h2-7H,8H2,1H3,(H2,17,18,19,20). The molecule has 0 atom stereocenters. The Bertz CT molecular complexity index is 867. The van der Waals surface area contributed by atoms with Crippen molar-refractivity contribution in [2.24, 2.45) is 0 Å². The molecule has 2 heterocycles. The molecular weight excluding hydrogens is 330 g/mol. The zero-order chi connectivity index (χ0) is 16.5. The molecule has 0 radical (unpaired) electrons. The second-order valence-corrected chi connectivity index (χ2v) is 6.03.